The molecule has 2 aliphatic carbocycles. The van der Waals surface area contributed by atoms with Gasteiger partial charge in [-0.1, -0.05) is 13.8 Å². The molecular formula is C16H24O4. The Morgan fingerprint density at radius 3 is 2.50 bits per heavy atom. The van der Waals surface area contributed by atoms with E-state index in [4.69, 9.17) is 9.47 Å². The Labute approximate surface area is 119 Å². The highest BCUT2D eigenvalue weighted by atomic mass is 16.6. The predicted molar refractivity (Wildman–Crippen MR) is 72.2 cm³/mol. The highest BCUT2D eigenvalue weighted by Gasteiger charge is 2.57. The van der Waals surface area contributed by atoms with Crippen molar-refractivity contribution < 1.29 is 19.4 Å². The molecule has 2 aliphatic heterocycles. The maximum absolute atomic E-state index is 11.5. The third kappa shape index (κ3) is 2.08. The summed E-state index contributed by atoms with van der Waals surface area (Å²) in [4.78, 5) is 11.5. The second-order valence-corrected chi connectivity index (χ2v) is 7.52. The molecule has 0 bridgehead atoms. The highest BCUT2D eigenvalue weighted by Crippen LogP contribution is 2.51. The lowest BCUT2D eigenvalue weighted by Gasteiger charge is -2.36. The number of carboxylic acid groups (broad SMARTS) is 1. The molecule has 2 saturated carbocycles. The number of carbonyl (C=O) groups is 1. The van der Waals surface area contributed by atoms with E-state index in [0.717, 1.165) is 12.8 Å². The van der Waals surface area contributed by atoms with Gasteiger partial charge in [0.15, 0.2) is 0 Å². The van der Waals surface area contributed by atoms with Gasteiger partial charge < -0.3 is 14.6 Å². The minimum atomic E-state index is -0.669. The summed E-state index contributed by atoms with van der Waals surface area (Å²) in [5.74, 6) is 1.20. The molecule has 0 spiro atoms. The van der Waals surface area contributed by atoms with Crippen LogP contribution >= 0.6 is 0 Å². The van der Waals surface area contributed by atoms with Crippen molar-refractivity contribution in [3.8, 4) is 0 Å². The van der Waals surface area contributed by atoms with E-state index in [1.54, 1.807) is 0 Å². The SMILES string of the molecule is CC1CC2OC2CC1CC1CC2OC2C(C(=O)O)C1C. The first-order valence-electron chi connectivity index (χ1n) is 8.08. The van der Waals surface area contributed by atoms with Crippen molar-refractivity contribution in [1.29, 1.82) is 0 Å². The van der Waals surface area contributed by atoms with Crippen molar-refractivity contribution in [3.05, 3.63) is 0 Å². The number of aliphatic carboxylic acids is 1. The fourth-order valence-electron chi connectivity index (χ4n) is 4.84. The van der Waals surface area contributed by atoms with Crippen LogP contribution < -0.4 is 0 Å². The van der Waals surface area contributed by atoms with Crippen LogP contribution in [-0.2, 0) is 14.3 Å². The monoisotopic (exact) mass is 280 g/mol. The summed E-state index contributed by atoms with van der Waals surface area (Å²) in [7, 11) is 0. The second kappa shape index (κ2) is 4.44. The Morgan fingerprint density at radius 1 is 1.05 bits per heavy atom. The van der Waals surface area contributed by atoms with Gasteiger partial charge in [-0.05, 0) is 49.4 Å². The quantitative estimate of drug-likeness (QED) is 0.806. The predicted octanol–water partition coefficient (Wildman–Crippen LogP) is 2.31. The van der Waals surface area contributed by atoms with Gasteiger partial charge in [0, 0.05) is 0 Å². The van der Waals surface area contributed by atoms with Crippen LogP contribution in [0.2, 0.25) is 0 Å². The van der Waals surface area contributed by atoms with E-state index in [2.05, 4.69) is 13.8 Å². The van der Waals surface area contributed by atoms with Gasteiger partial charge in [-0.25, -0.2) is 0 Å². The summed E-state index contributed by atoms with van der Waals surface area (Å²) >= 11 is 0. The van der Waals surface area contributed by atoms with Crippen LogP contribution in [-0.4, -0.2) is 35.5 Å². The largest absolute Gasteiger partial charge is 0.481 e. The molecule has 112 valence electrons. The summed E-state index contributed by atoms with van der Waals surface area (Å²) in [6.45, 7) is 4.45. The fourth-order valence-corrected chi connectivity index (χ4v) is 4.84. The molecule has 20 heavy (non-hydrogen) atoms. The lowest BCUT2D eigenvalue weighted by Crippen LogP contribution is -2.38. The third-order valence-electron chi connectivity index (χ3n) is 6.34. The van der Waals surface area contributed by atoms with Crippen molar-refractivity contribution in [2.24, 2.45) is 29.6 Å². The van der Waals surface area contributed by atoms with Gasteiger partial charge in [-0.2, -0.15) is 0 Å². The van der Waals surface area contributed by atoms with Gasteiger partial charge in [0.05, 0.1) is 30.3 Å². The van der Waals surface area contributed by atoms with Gasteiger partial charge >= 0.3 is 5.97 Å². The molecule has 0 aromatic rings. The summed E-state index contributed by atoms with van der Waals surface area (Å²) in [6.07, 6.45) is 5.87. The average Bonchev–Trinajstić information content (AvgIpc) is 3.25. The zero-order valence-corrected chi connectivity index (χ0v) is 12.2. The fraction of sp³-hybridized carbons (Fsp3) is 0.938. The maximum Gasteiger partial charge on any atom is 0.309 e. The first kappa shape index (κ1) is 13.1. The van der Waals surface area contributed by atoms with Gasteiger partial charge in [0.2, 0.25) is 0 Å². The van der Waals surface area contributed by atoms with Crippen LogP contribution in [0.25, 0.3) is 0 Å². The van der Waals surface area contributed by atoms with Crippen LogP contribution in [0.5, 0.6) is 0 Å². The molecule has 2 saturated heterocycles. The standard InChI is InChI=1S/C16H24O4/c1-7-3-11-12(19-11)5-9(7)4-10-6-13-15(20-13)14(8(10)2)16(17)18/h7-15H,3-6H2,1-2H3,(H,17,18). The molecule has 0 amide bonds. The Morgan fingerprint density at radius 2 is 1.75 bits per heavy atom. The second-order valence-electron chi connectivity index (χ2n) is 7.52. The van der Waals surface area contributed by atoms with E-state index < -0.39 is 5.97 Å². The van der Waals surface area contributed by atoms with Gasteiger partial charge in [0.1, 0.15) is 0 Å². The van der Waals surface area contributed by atoms with Crippen LogP contribution in [0, 0.1) is 29.6 Å². The van der Waals surface area contributed by atoms with E-state index in [-0.39, 0.29) is 24.0 Å². The lowest BCUT2D eigenvalue weighted by molar-refractivity contribution is -0.145. The number of fused-ring (bicyclic) bond motifs is 2. The molecule has 0 aromatic carbocycles. The number of hydrogen-bond donors (Lipinski definition) is 1. The van der Waals surface area contributed by atoms with Crippen molar-refractivity contribution in [2.45, 2.75) is 63.9 Å². The Balaban J connectivity index is 1.43. The lowest BCUT2D eigenvalue weighted by atomic mass is 9.67. The van der Waals surface area contributed by atoms with Crippen molar-refractivity contribution >= 4 is 5.97 Å². The van der Waals surface area contributed by atoms with Crippen LogP contribution in [0.1, 0.15) is 39.5 Å². The van der Waals surface area contributed by atoms with Crippen molar-refractivity contribution in [3.63, 3.8) is 0 Å². The topological polar surface area (TPSA) is 62.4 Å². The molecule has 0 aromatic heterocycles. The zero-order chi connectivity index (χ0) is 14.0. The Hall–Kier alpha value is -0.610. The van der Waals surface area contributed by atoms with E-state index in [1.165, 1.54) is 12.8 Å². The van der Waals surface area contributed by atoms with Gasteiger partial charge in [-0.15, -0.1) is 0 Å². The Bertz CT molecular complexity index is 423. The van der Waals surface area contributed by atoms with E-state index >= 15 is 0 Å². The minimum absolute atomic E-state index is 0.00123. The number of ether oxygens (including phenoxy) is 2. The Kier molecular flexibility index (Phi) is 2.90. The number of hydrogen-bond acceptors (Lipinski definition) is 3. The third-order valence-corrected chi connectivity index (χ3v) is 6.34. The molecule has 0 radical (unpaired) electrons. The molecule has 4 nitrogen and oxygen atoms in total. The van der Waals surface area contributed by atoms with Crippen LogP contribution in [0.4, 0.5) is 0 Å². The van der Waals surface area contributed by atoms with Crippen molar-refractivity contribution in [2.75, 3.05) is 0 Å². The number of rotatable bonds is 3. The number of epoxide rings is 2. The van der Waals surface area contributed by atoms with E-state index in [9.17, 15) is 9.90 Å². The van der Waals surface area contributed by atoms with Crippen LogP contribution in [0.3, 0.4) is 0 Å². The highest BCUT2D eigenvalue weighted by molar-refractivity contribution is 5.72. The normalized spacial score (nSPS) is 56.6. The molecule has 4 heteroatoms. The minimum Gasteiger partial charge on any atom is -0.481 e. The summed E-state index contributed by atoms with van der Waals surface area (Å²) < 4.78 is 11.3. The molecular weight excluding hydrogens is 256 g/mol. The molecule has 9 unspecified atom stereocenters. The smallest absolute Gasteiger partial charge is 0.309 e. The molecule has 1 N–H and O–H groups in total. The average molecular weight is 280 g/mol. The summed E-state index contributed by atoms with van der Waals surface area (Å²) in [5, 5.41) is 9.43. The summed E-state index contributed by atoms with van der Waals surface area (Å²) in [6, 6.07) is 0. The van der Waals surface area contributed by atoms with Crippen LogP contribution in [0.15, 0.2) is 0 Å². The molecule has 4 aliphatic rings. The maximum atomic E-state index is 11.5. The van der Waals surface area contributed by atoms with Crippen molar-refractivity contribution in [1.82, 2.24) is 0 Å². The molecule has 4 rings (SSSR count). The first-order chi connectivity index (χ1) is 9.54. The van der Waals surface area contributed by atoms with Gasteiger partial charge in [0.25, 0.3) is 0 Å². The molecule has 4 fully saturated rings. The van der Waals surface area contributed by atoms with E-state index in [0.29, 0.717) is 30.0 Å². The molecule has 2 heterocycles. The first-order valence-corrected chi connectivity index (χ1v) is 8.08. The number of carboxylic acids is 1. The molecule has 9 atom stereocenters. The van der Waals surface area contributed by atoms with E-state index in [1.807, 2.05) is 0 Å². The van der Waals surface area contributed by atoms with Gasteiger partial charge in [-0.3, -0.25) is 4.79 Å². The zero-order valence-electron chi connectivity index (χ0n) is 12.2. The summed E-state index contributed by atoms with van der Waals surface area (Å²) in [5.41, 5.74) is 0.